The van der Waals surface area contributed by atoms with Crippen molar-refractivity contribution < 1.29 is 12.8 Å². The van der Waals surface area contributed by atoms with Gasteiger partial charge in [0.05, 0.1) is 4.90 Å². The summed E-state index contributed by atoms with van der Waals surface area (Å²) in [5.41, 5.74) is 2.75. The van der Waals surface area contributed by atoms with Crippen LogP contribution in [0.4, 0.5) is 5.88 Å². The number of oxazole rings is 1. The average Bonchev–Trinajstić information content (AvgIpc) is 3.20. The van der Waals surface area contributed by atoms with Crippen LogP contribution in [0.15, 0.2) is 93.2 Å². The molecule has 0 saturated carbocycles. The SMILES string of the molecule is Cc1ccc(S(=O)(=O)c2nc(-c3ccc(Cl)cc3)oc2NCCc2ccccc2)cc1. The van der Waals surface area contributed by atoms with Crippen LogP contribution in [0.1, 0.15) is 11.1 Å². The van der Waals surface area contributed by atoms with Gasteiger partial charge in [0.15, 0.2) is 0 Å². The van der Waals surface area contributed by atoms with Crippen LogP contribution in [0.5, 0.6) is 0 Å². The van der Waals surface area contributed by atoms with Crippen LogP contribution < -0.4 is 5.32 Å². The molecule has 0 spiro atoms. The van der Waals surface area contributed by atoms with Gasteiger partial charge in [0, 0.05) is 17.1 Å². The Bertz CT molecular complexity index is 1270. The first-order chi connectivity index (χ1) is 14.9. The van der Waals surface area contributed by atoms with Gasteiger partial charge in [-0.15, -0.1) is 0 Å². The van der Waals surface area contributed by atoms with Crippen molar-refractivity contribution in [1.82, 2.24) is 4.98 Å². The van der Waals surface area contributed by atoms with Crippen LogP contribution in [0.3, 0.4) is 0 Å². The minimum atomic E-state index is -3.87. The summed E-state index contributed by atoms with van der Waals surface area (Å²) in [6, 6.07) is 23.5. The Hall–Kier alpha value is -3.09. The fourth-order valence-corrected chi connectivity index (χ4v) is 4.51. The third-order valence-corrected chi connectivity index (χ3v) is 6.75. The van der Waals surface area contributed by atoms with Crippen LogP contribution in [-0.2, 0) is 16.3 Å². The number of anilines is 1. The third kappa shape index (κ3) is 4.81. The van der Waals surface area contributed by atoms with Crippen molar-refractivity contribution in [1.29, 1.82) is 0 Å². The average molecular weight is 453 g/mol. The largest absolute Gasteiger partial charge is 0.419 e. The van der Waals surface area contributed by atoms with Crippen LogP contribution >= 0.6 is 11.6 Å². The van der Waals surface area contributed by atoms with Crippen molar-refractivity contribution in [2.75, 3.05) is 11.9 Å². The van der Waals surface area contributed by atoms with Gasteiger partial charge in [-0.05, 0) is 55.3 Å². The summed E-state index contributed by atoms with van der Waals surface area (Å²) in [5.74, 6) is 0.339. The molecule has 1 N–H and O–H groups in total. The van der Waals surface area contributed by atoms with Gasteiger partial charge in [-0.1, -0.05) is 59.6 Å². The summed E-state index contributed by atoms with van der Waals surface area (Å²) in [6.07, 6.45) is 0.710. The number of hydrogen-bond acceptors (Lipinski definition) is 5. The van der Waals surface area contributed by atoms with Crippen molar-refractivity contribution in [3.63, 3.8) is 0 Å². The molecule has 0 radical (unpaired) electrons. The predicted octanol–water partition coefficient (Wildman–Crippen LogP) is 5.79. The Morgan fingerprint density at radius 1 is 0.935 bits per heavy atom. The molecule has 5 nitrogen and oxygen atoms in total. The highest BCUT2D eigenvalue weighted by molar-refractivity contribution is 7.91. The zero-order chi connectivity index (χ0) is 21.8. The van der Waals surface area contributed by atoms with Crippen molar-refractivity contribution in [2.45, 2.75) is 23.3 Å². The van der Waals surface area contributed by atoms with E-state index in [1.54, 1.807) is 48.5 Å². The molecule has 0 aliphatic rings. The number of benzene rings is 3. The highest BCUT2D eigenvalue weighted by Gasteiger charge is 2.28. The molecule has 0 atom stereocenters. The van der Waals surface area contributed by atoms with E-state index in [1.165, 1.54) is 0 Å². The van der Waals surface area contributed by atoms with Gasteiger partial charge in [-0.2, -0.15) is 4.98 Å². The summed E-state index contributed by atoms with van der Waals surface area (Å²) >= 11 is 5.97. The zero-order valence-corrected chi connectivity index (χ0v) is 18.5. The van der Waals surface area contributed by atoms with E-state index in [1.807, 2.05) is 37.3 Å². The Balaban J connectivity index is 1.69. The molecule has 0 aliphatic carbocycles. The topological polar surface area (TPSA) is 72.2 Å². The van der Waals surface area contributed by atoms with Gasteiger partial charge in [0.1, 0.15) is 0 Å². The lowest BCUT2D eigenvalue weighted by Crippen LogP contribution is -2.09. The van der Waals surface area contributed by atoms with Crippen LogP contribution in [-0.4, -0.2) is 19.9 Å². The van der Waals surface area contributed by atoms with Gasteiger partial charge >= 0.3 is 0 Å². The van der Waals surface area contributed by atoms with E-state index in [0.717, 1.165) is 11.1 Å². The lowest BCUT2D eigenvalue weighted by atomic mass is 10.1. The van der Waals surface area contributed by atoms with Crippen molar-refractivity contribution in [2.24, 2.45) is 0 Å². The van der Waals surface area contributed by atoms with E-state index in [0.29, 0.717) is 23.6 Å². The zero-order valence-electron chi connectivity index (χ0n) is 16.9. The summed E-state index contributed by atoms with van der Waals surface area (Å²) in [5, 5.41) is 3.56. The molecule has 0 unspecified atom stereocenters. The maximum atomic E-state index is 13.3. The van der Waals surface area contributed by atoms with Crippen LogP contribution in [0, 0.1) is 6.92 Å². The number of aryl methyl sites for hydroxylation is 1. The fourth-order valence-electron chi connectivity index (χ4n) is 3.11. The number of nitrogens with zero attached hydrogens (tertiary/aromatic N) is 1. The molecular formula is C24H21ClN2O3S. The quantitative estimate of drug-likeness (QED) is 0.384. The number of halogens is 1. The first kappa shape index (κ1) is 21.2. The molecule has 3 aromatic carbocycles. The summed E-state index contributed by atoms with van der Waals surface area (Å²) < 4.78 is 32.5. The minimum absolute atomic E-state index is 0.126. The molecular weight excluding hydrogens is 432 g/mol. The fraction of sp³-hybridized carbons (Fsp3) is 0.125. The van der Waals surface area contributed by atoms with Crippen molar-refractivity contribution in [3.8, 4) is 11.5 Å². The Morgan fingerprint density at radius 3 is 2.29 bits per heavy atom. The highest BCUT2D eigenvalue weighted by atomic mass is 35.5. The molecule has 0 saturated heterocycles. The molecule has 158 valence electrons. The van der Waals surface area contributed by atoms with Gasteiger partial charge in [-0.25, -0.2) is 8.42 Å². The maximum Gasteiger partial charge on any atom is 0.233 e. The number of nitrogens with one attached hydrogen (secondary N) is 1. The number of sulfone groups is 1. The van der Waals surface area contributed by atoms with Gasteiger partial charge in [0.25, 0.3) is 0 Å². The smallest absolute Gasteiger partial charge is 0.233 e. The first-order valence-electron chi connectivity index (χ1n) is 9.80. The lowest BCUT2D eigenvalue weighted by molar-refractivity contribution is 0.577. The molecule has 7 heteroatoms. The predicted molar refractivity (Wildman–Crippen MR) is 122 cm³/mol. The minimum Gasteiger partial charge on any atom is -0.419 e. The van der Waals surface area contributed by atoms with Crippen LogP contribution in [0.25, 0.3) is 11.5 Å². The van der Waals surface area contributed by atoms with Crippen LogP contribution in [0.2, 0.25) is 5.02 Å². The third-order valence-electron chi connectivity index (χ3n) is 4.82. The van der Waals surface area contributed by atoms with E-state index >= 15 is 0 Å². The Morgan fingerprint density at radius 2 is 1.61 bits per heavy atom. The number of aromatic nitrogens is 1. The van der Waals surface area contributed by atoms with E-state index in [2.05, 4.69) is 10.3 Å². The van der Waals surface area contributed by atoms with E-state index < -0.39 is 9.84 Å². The highest BCUT2D eigenvalue weighted by Crippen LogP contribution is 2.32. The van der Waals surface area contributed by atoms with Gasteiger partial charge in [0.2, 0.25) is 26.6 Å². The Kier molecular flexibility index (Phi) is 6.11. The molecule has 31 heavy (non-hydrogen) atoms. The molecule has 0 amide bonds. The molecule has 4 aromatic rings. The number of hydrogen-bond donors (Lipinski definition) is 1. The second kappa shape index (κ2) is 8.96. The lowest BCUT2D eigenvalue weighted by Gasteiger charge is -2.06. The second-order valence-corrected chi connectivity index (χ2v) is 9.44. The molecule has 0 fully saturated rings. The van der Waals surface area contributed by atoms with E-state index in [-0.39, 0.29) is 21.7 Å². The van der Waals surface area contributed by atoms with E-state index in [9.17, 15) is 8.42 Å². The van der Waals surface area contributed by atoms with Crippen molar-refractivity contribution in [3.05, 3.63) is 95.0 Å². The normalized spacial score (nSPS) is 11.4. The summed E-state index contributed by atoms with van der Waals surface area (Å²) in [4.78, 5) is 4.51. The molecule has 4 rings (SSSR count). The molecule has 1 aromatic heterocycles. The molecule has 0 bridgehead atoms. The van der Waals surface area contributed by atoms with Gasteiger partial charge in [-0.3, -0.25) is 0 Å². The Labute approximate surface area is 186 Å². The first-order valence-corrected chi connectivity index (χ1v) is 11.7. The standard InChI is InChI=1S/C24H21ClN2O3S/c1-17-7-13-21(14-8-17)31(28,29)24-23(26-16-15-18-5-3-2-4-6-18)30-22(27-24)19-9-11-20(25)12-10-19/h2-14,26H,15-16H2,1H3. The monoisotopic (exact) mass is 452 g/mol. The summed E-state index contributed by atoms with van der Waals surface area (Å²) in [7, 11) is -3.87. The summed E-state index contributed by atoms with van der Waals surface area (Å²) in [6.45, 7) is 2.40. The van der Waals surface area contributed by atoms with E-state index in [4.69, 9.17) is 16.0 Å². The molecule has 1 heterocycles. The number of rotatable bonds is 7. The van der Waals surface area contributed by atoms with Gasteiger partial charge < -0.3 is 9.73 Å². The molecule has 0 aliphatic heterocycles. The maximum absolute atomic E-state index is 13.3. The second-order valence-electron chi connectivity index (χ2n) is 7.14. The van der Waals surface area contributed by atoms with Crippen molar-refractivity contribution >= 4 is 27.3 Å².